The van der Waals surface area contributed by atoms with Gasteiger partial charge in [-0.1, -0.05) is 44.2 Å². The minimum Gasteiger partial charge on any atom is -0.321 e. The number of amides is 1. The van der Waals surface area contributed by atoms with Gasteiger partial charge in [0, 0.05) is 23.7 Å². The van der Waals surface area contributed by atoms with Crippen LogP contribution < -0.4 is 5.32 Å². The lowest BCUT2D eigenvalue weighted by Crippen LogP contribution is -2.37. The number of piperidine rings is 1. The Morgan fingerprint density at radius 1 is 1.06 bits per heavy atom. The molecule has 0 saturated carbocycles. The molecule has 1 aromatic heterocycles. The number of nitrogens with one attached hydrogen (secondary N) is 1. The van der Waals surface area contributed by atoms with E-state index >= 15 is 0 Å². The Hall–Kier alpha value is -2.48. The van der Waals surface area contributed by atoms with Crippen molar-refractivity contribution >= 4 is 33.0 Å². The topological polar surface area (TPSA) is 66.5 Å². The number of anilines is 1. The van der Waals surface area contributed by atoms with Gasteiger partial charge in [-0.3, -0.25) is 4.79 Å². The van der Waals surface area contributed by atoms with Crippen molar-refractivity contribution in [1.29, 1.82) is 0 Å². The monoisotopic (exact) mass is 468 g/mol. The summed E-state index contributed by atoms with van der Waals surface area (Å²) in [4.78, 5) is 14.9. The molecule has 2 aromatic carbocycles. The van der Waals surface area contributed by atoms with Crippen LogP contribution in [0.2, 0.25) is 0 Å². The van der Waals surface area contributed by atoms with Crippen LogP contribution >= 0.6 is 11.3 Å². The lowest BCUT2D eigenvalue weighted by atomic mass is 10.0. The van der Waals surface area contributed by atoms with Crippen LogP contribution in [0.5, 0.6) is 0 Å². The molecule has 5 nitrogen and oxygen atoms in total. The van der Waals surface area contributed by atoms with E-state index in [1.165, 1.54) is 11.3 Å². The average molecular weight is 469 g/mol. The Morgan fingerprint density at radius 2 is 1.72 bits per heavy atom. The molecule has 0 atom stereocenters. The van der Waals surface area contributed by atoms with E-state index in [9.17, 15) is 13.2 Å². The first-order valence-electron chi connectivity index (χ1n) is 11.0. The van der Waals surface area contributed by atoms with Crippen molar-refractivity contribution in [3.8, 4) is 10.4 Å². The Balaban J connectivity index is 1.48. The highest BCUT2D eigenvalue weighted by atomic mass is 32.2. The summed E-state index contributed by atoms with van der Waals surface area (Å²) in [5, 5.41) is 2.90. The van der Waals surface area contributed by atoms with Crippen LogP contribution in [0, 0.1) is 5.92 Å². The fourth-order valence-electron chi connectivity index (χ4n) is 3.91. The van der Waals surface area contributed by atoms with Crippen molar-refractivity contribution in [2.75, 3.05) is 18.4 Å². The summed E-state index contributed by atoms with van der Waals surface area (Å²) >= 11 is 1.48. The van der Waals surface area contributed by atoms with Crippen molar-refractivity contribution < 1.29 is 13.2 Å². The van der Waals surface area contributed by atoms with E-state index in [2.05, 4.69) is 31.3 Å². The minimum atomic E-state index is -3.50. The molecule has 1 N–H and O–H groups in total. The SMILES string of the molecule is CCc1cc(C(=O)Nc2ccc(S(=O)(=O)N3CCC(C)CC3)cc2)sc1-c1ccccc1. The number of sulfonamides is 1. The van der Waals surface area contributed by atoms with Crippen molar-refractivity contribution in [1.82, 2.24) is 4.31 Å². The molecule has 0 bridgehead atoms. The van der Waals surface area contributed by atoms with Crippen molar-refractivity contribution in [3.63, 3.8) is 0 Å². The second-order valence-corrected chi connectivity index (χ2v) is 11.2. The van der Waals surface area contributed by atoms with Crippen LogP contribution in [0.15, 0.2) is 65.6 Å². The number of carbonyl (C=O) groups is 1. The maximum Gasteiger partial charge on any atom is 0.265 e. The molecule has 1 saturated heterocycles. The molecule has 4 rings (SSSR count). The number of benzene rings is 2. The molecule has 0 unspecified atom stereocenters. The van der Waals surface area contributed by atoms with Crippen LogP contribution in [-0.2, 0) is 16.4 Å². The van der Waals surface area contributed by atoms with Crippen molar-refractivity contribution in [2.45, 2.75) is 38.0 Å². The molecule has 1 aliphatic rings. The molecule has 0 radical (unpaired) electrons. The van der Waals surface area contributed by atoms with E-state index in [1.54, 1.807) is 28.6 Å². The van der Waals surface area contributed by atoms with Gasteiger partial charge in [0.1, 0.15) is 0 Å². The molecular weight excluding hydrogens is 440 g/mol. The highest BCUT2D eigenvalue weighted by molar-refractivity contribution is 7.89. The number of thiophene rings is 1. The fourth-order valence-corrected chi connectivity index (χ4v) is 6.54. The van der Waals surface area contributed by atoms with E-state index in [0.717, 1.165) is 35.3 Å². The number of nitrogens with zero attached hydrogens (tertiary/aromatic N) is 1. The fraction of sp³-hybridized carbons (Fsp3) is 0.320. The third-order valence-electron chi connectivity index (χ3n) is 5.94. The molecule has 0 aliphatic carbocycles. The van der Waals surface area contributed by atoms with Gasteiger partial charge in [-0.25, -0.2) is 8.42 Å². The second kappa shape index (κ2) is 9.57. The third-order valence-corrected chi connectivity index (χ3v) is 9.08. The number of carbonyl (C=O) groups excluding carboxylic acids is 1. The zero-order valence-electron chi connectivity index (χ0n) is 18.4. The molecule has 7 heteroatoms. The largest absolute Gasteiger partial charge is 0.321 e. The van der Waals surface area contributed by atoms with Gasteiger partial charge in [0.15, 0.2) is 0 Å². The van der Waals surface area contributed by atoms with Gasteiger partial charge >= 0.3 is 0 Å². The zero-order valence-corrected chi connectivity index (χ0v) is 20.0. The molecular formula is C25H28N2O3S2. The Morgan fingerprint density at radius 3 is 2.34 bits per heavy atom. The Labute approximate surface area is 194 Å². The quantitative estimate of drug-likeness (QED) is 0.508. The lowest BCUT2D eigenvalue weighted by molar-refractivity contribution is 0.103. The maximum atomic E-state index is 12.9. The van der Waals surface area contributed by atoms with Gasteiger partial charge in [0.2, 0.25) is 10.0 Å². The van der Waals surface area contributed by atoms with Crippen molar-refractivity contribution in [2.24, 2.45) is 5.92 Å². The van der Waals surface area contributed by atoms with E-state index < -0.39 is 10.0 Å². The van der Waals surface area contributed by atoms with Gasteiger partial charge in [0.05, 0.1) is 9.77 Å². The van der Waals surface area contributed by atoms with Gasteiger partial charge in [0.25, 0.3) is 5.91 Å². The molecule has 0 spiro atoms. The normalized spacial score (nSPS) is 15.6. The third kappa shape index (κ3) is 4.80. The number of aryl methyl sites for hydroxylation is 1. The predicted molar refractivity (Wildman–Crippen MR) is 131 cm³/mol. The summed E-state index contributed by atoms with van der Waals surface area (Å²) in [6, 6.07) is 18.5. The van der Waals surface area contributed by atoms with Crippen LogP contribution in [0.1, 0.15) is 41.9 Å². The van der Waals surface area contributed by atoms with Gasteiger partial charge in [-0.05, 0) is 66.6 Å². The molecule has 1 fully saturated rings. The number of hydrogen-bond donors (Lipinski definition) is 1. The van der Waals surface area contributed by atoms with E-state index in [1.807, 2.05) is 24.3 Å². The van der Waals surface area contributed by atoms with Gasteiger partial charge in [-0.15, -0.1) is 11.3 Å². The Bertz CT molecular complexity index is 1180. The van der Waals surface area contributed by atoms with Crippen LogP contribution in [-0.4, -0.2) is 31.7 Å². The molecule has 168 valence electrons. The zero-order chi connectivity index (χ0) is 22.7. The molecule has 3 aromatic rings. The minimum absolute atomic E-state index is 0.187. The predicted octanol–water partition coefficient (Wildman–Crippen LogP) is 5.65. The van der Waals surface area contributed by atoms with Crippen molar-refractivity contribution in [3.05, 3.63) is 71.1 Å². The van der Waals surface area contributed by atoms with Crippen LogP contribution in [0.25, 0.3) is 10.4 Å². The standard InChI is InChI=1S/C25H28N2O3S2/c1-3-19-17-23(31-24(19)20-7-5-4-6-8-20)25(28)26-21-9-11-22(12-10-21)32(29,30)27-15-13-18(2)14-16-27/h4-12,17-18H,3,13-16H2,1-2H3,(H,26,28). The first-order valence-corrected chi connectivity index (χ1v) is 13.2. The molecule has 32 heavy (non-hydrogen) atoms. The molecule has 1 aliphatic heterocycles. The maximum absolute atomic E-state index is 12.9. The number of hydrogen-bond acceptors (Lipinski definition) is 4. The smallest absolute Gasteiger partial charge is 0.265 e. The van der Waals surface area contributed by atoms with Gasteiger partial charge in [-0.2, -0.15) is 4.31 Å². The van der Waals surface area contributed by atoms with Crippen LogP contribution in [0.3, 0.4) is 0 Å². The summed E-state index contributed by atoms with van der Waals surface area (Å²) in [5.41, 5.74) is 2.83. The highest BCUT2D eigenvalue weighted by Gasteiger charge is 2.28. The average Bonchev–Trinajstić information content (AvgIpc) is 3.25. The van der Waals surface area contributed by atoms with E-state index in [4.69, 9.17) is 0 Å². The molecule has 1 amide bonds. The van der Waals surface area contributed by atoms with Gasteiger partial charge < -0.3 is 5.32 Å². The first-order chi connectivity index (χ1) is 15.4. The summed E-state index contributed by atoms with van der Waals surface area (Å²) in [7, 11) is -3.50. The first kappa shape index (κ1) is 22.7. The summed E-state index contributed by atoms with van der Waals surface area (Å²) < 4.78 is 27.4. The lowest BCUT2D eigenvalue weighted by Gasteiger charge is -2.29. The summed E-state index contributed by atoms with van der Waals surface area (Å²) in [6.45, 7) is 5.35. The summed E-state index contributed by atoms with van der Waals surface area (Å²) in [5.74, 6) is 0.374. The molecule has 2 heterocycles. The second-order valence-electron chi connectivity index (χ2n) is 8.25. The van der Waals surface area contributed by atoms with E-state index in [-0.39, 0.29) is 10.8 Å². The summed E-state index contributed by atoms with van der Waals surface area (Å²) in [6.07, 6.45) is 2.62. The number of rotatable bonds is 6. The highest BCUT2D eigenvalue weighted by Crippen LogP contribution is 2.33. The van der Waals surface area contributed by atoms with Crippen LogP contribution in [0.4, 0.5) is 5.69 Å². The van der Waals surface area contributed by atoms with E-state index in [0.29, 0.717) is 29.6 Å². The Kier molecular flexibility index (Phi) is 6.79.